The molecule has 1 aliphatic heterocycles. The first-order valence-electron chi connectivity index (χ1n) is 4.88. The molecule has 88 valence electrons. The van der Waals surface area contributed by atoms with E-state index >= 15 is 0 Å². The number of nitrogens with zero attached hydrogens (tertiary/aromatic N) is 1. The highest BCUT2D eigenvalue weighted by atomic mass is 19.4. The molecule has 1 saturated heterocycles. The number of amides is 2. The molecule has 0 saturated carbocycles. The first-order chi connectivity index (χ1) is 6.74. The van der Waals surface area contributed by atoms with E-state index in [0.29, 0.717) is 13.1 Å². The van der Waals surface area contributed by atoms with Crippen LogP contribution in [0.1, 0.15) is 26.7 Å². The Hall–Kier alpha value is -0.940. The number of halogens is 3. The average Bonchev–Trinajstić information content (AvgIpc) is 2.51. The summed E-state index contributed by atoms with van der Waals surface area (Å²) in [5, 5.41) is 2.00. The maximum absolute atomic E-state index is 12.4. The molecule has 0 spiro atoms. The molecule has 1 rings (SSSR count). The normalized spacial score (nSPS) is 18.1. The minimum absolute atomic E-state index is 0.541. The molecular formula is C9H15F3N2O. The number of alkyl halides is 3. The van der Waals surface area contributed by atoms with Crippen molar-refractivity contribution >= 4 is 6.03 Å². The number of hydrogen-bond acceptors (Lipinski definition) is 1. The van der Waals surface area contributed by atoms with Crippen LogP contribution in [0.3, 0.4) is 0 Å². The highest BCUT2D eigenvalue weighted by Gasteiger charge is 2.48. The van der Waals surface area contributed by atoms with Crippen molar-refractivity contribution in [2.75, 3.05) is 13.1 Å². The molecule has 0 aliphatic carbocycles. The summed E-state index contributed by atoms with van der Waals surface area (Å²) in [5.74, 6) is 0. The van der Waals surface area contributed by atoms with E-state index in [0.717, 1.165) is 26.7 Å². The van der Waals surface area contributed by atoms with Crippen molar-refractivity contribution in [2.45, 2.75) is 38.4 Å². The third-order valence-corrected chi connectivity index (χ3v) is 2.52. The second kappa shape index (κ2) is 3.90. The van der Waals surface area contributed by atoms with Crippen LogP contribution in [0.5, 0.6) is 0 Å². The molecule has 6 heteroatoms. The zero-order valence-corrected chi connectivity index (χ0v) is 8.82. The third kappa shape index (κ3) is 2.76. The van der Waals surface area contributed by atoms with Crippen LogP contribution in [0.2, 0.25) is 0 Å². The molecule has 0 atom stereocenters. The predicted octanol–water partition coefficient (Wildman–Crippen LogP) is 2.13. The zero-order valence-electron chi connectivity index (χ0n) is 8.82. The van der Waals surface area contributed by atoms with E-state index in [-0.39, 0.29) is 0 Å². The Labute approximate surface area is 86.6 Å². The zero-order chi connectivity index (χ0) is 11.7. The topological polar surface area (TPSA) is 32.3 Å². The van der Waals surface area contributed by atoms with Crippen LogP contribution in [0, 0.1) is 0 Å². The fourth-order valence-electron chi connectivity index (χ4n) is 1.34. The Morgan fingerprint density at radius 3 is 2.07 bits per heavy atom. The quantitative estimate of drug-likeness (QED) is 0.727. The van der Waals surface area contributed by atoms with Crippen LogP contribution in [-0.2, 0) is 0 Å². The van der Waals surface area contributed by atoms with Crippen LogP contribution in [0.15, 0.2) is 0 Å². The standard InChI is InChI=1S/C9H15F3N2O/c1-8(2,9(10,11)12)13-7(15)14-5-3-4-6-14/h3-6H2,1-2H3,(H,13,15). The molecule has 1 N–H and O–H groups in total. The molecule has 2 amide bonds. The van der Waals surface area contributed by atoms with Crippen LogP contribution >= 0.6 is 0 Å². The van der Waals surface area contributed by atoms with Crippen molar-refractivity contribution < 1.29 is 18.0 Å². The first kappa shape index (κ1) is 12.1. The van der Waals surface area contributed by atoms with Crippen LogP contribution in [0.25, 0.3) is 0 Å². The van der Waals surface area contributed by atoms with E-state index in [1.165, 1.54) is 4.90 Å². The van der Waals surface area contributed by atoms with Gasteiger partial charge in [-0.25, -0.2) is 4.79 Å². The van der Waals surface area contributed by atoms with Gasteiger partial charge in [-0.3, -0.25) is 0 Å². The molecule has 1 aliphatic rings. The van der Waals surface area contributed by atoms with Gasteiger partial charge in [0.2, 0.25) is 0 Å². The summed E-state index contributed by atoms with van der Waals surface area (Å²) in [7, 11) is 0. The smallest absolute Gasteiger partial charge is 0.325 e. The number of carbonyl (C=O) groups is 1. The van der Waals surface area contributed by atoms with Gasteiger partial charge in [-0.15, -0.1) is 0 Å². The van der Waals surface area contributed by atoms with Gasteiger partial charge in [-0.05, 0) is 26.7 Å². The summed E-state index contributed by atoms with van der Waals surface area (Å²) in [6, 6.07) is -0.630. The Morgan fingerprint density at radius 2 is 1.67 bits per heavy atom. The summed E-state index contributed by atoms with van der Waals surface area (Å²) in [4.78, 5) is 12.8. The first-order valence-corrected chi connectivity index (χ1v) is 4.88. The Kier molecular flexibility index (Phi) is 3.16. The van der Waals surface area contributed by atoms with Gasteiger partial charge < -0.3 is 10.2 Å². The third-order valence-electron chi connectivity index (χ3n) is 2.52. The monoisotopic (exact) mass is 224 g/mol. The molecule has 0 radical (unpaired) electrons. The number of carbonyl (C=O) groups excluding carboxylic acids is 1. The summed E-state index contributed by atoms with van der Waals surface area (Å²) < 4.78 is 37.3. The average molecular weight is 224 g/mol. The van der Waals surface area contributed by atoms with Crippen molar-refractivity contribution in [1.82, 2.24) is 10.2 Å². The fraction of sp³-hybridized carbons (Fsp3) is 0.889. The van der Waals surface area contributed by atoms with Crippen molar-refractivity contribution in [3.63, 3.8) is 0 Å². The lowest BCUT2D eigenvalue weighted by Gasteiger charge is -2.31. The van der Waals surface area contributed by atoms with E-state index in [1.807, 2.05) is 5.32 Å². The number of urea groups is 1. The SMILES string of the molecule is CC(C)(NC(=O)N1CCCC1)C(F)(F)F. The fourth-order valence-corrected chi connectivity index (χ4v) is 1.34. The molecule has 0 bridgehead atoms. The van der Waals surface area contributed by atoms with Gasteiger partial charge in [0, 0.05) is 13.1 Å². The lowest BCUT2D eigenvalue weighted by atomic mass is 10.1. The summed E-state index contributed by atoms with van der Waals surface area (Å²) in [5.41, 5.74) is -2.17. The van der Waals surface area contributed by atoms with E-state index in [9.17, 15) is 18.0 Å². The summed E-state index contributed by atoms with van der Waals surface area (Å²) >= 11 is 0. The van der Waals surface area contributed by atoms with Gasteiger partial charge in [-0.2, -0.15) is 13.2 Å². The largest absolute Gasteiger partial charge is 0.411 e. The van der Waals surface area contributed by atoms with Crippen LogP contribution in [-0.4, -0.2) is 35.7 Å². The second-order valence-electron chi connectivity index (χ2n) is 4.25. The Bertz CT molecular complexity index is 244. The second-order valence-corrected chi connectivity index (χ2v) is 4.25. The maximum atomic E-state index is 12.4. The van der Waals surface area contributed by atoms with Gasteiger partial charge in [-0.1, -0.05) is 0 Å². The van der Waals surface area contributed by atoms with Gasteiger partial charge >= 0.3 is 12.2 Å². The molecule has 1 heterocycles. The minimum Gasteiger partial charge on any atom is -0.325 e. The molecular weight excluding hydrogens is 209 g/mol. The summed E-state index contributed by atoms with van der Waals surface area (Å²) in [6.07, 6.45) is -2.71. The Balaban J connectivity index is 2.57. The number of likely N-dealkylation sites (tertiary alicyclic amines) is 1. The van der Waals surface area contributed by atoms with E-state index < -0.39 is 17.7 Å². The summed E-state index contributed by atoms with van der Waals surface area (Å²) in [6.45, 7) is 3.00. The van der Waals surface area contributed by atoms with Gasteiger partial charge in [0.15, 0.2) is 0 Å². The lowest BCUT2D eigenvalue weighted by Crippen LogP contribution is -2.57. The van der Waals surface area contributed by atoms with Crippen molar-refractivity contribution in [3.8, 4) is 0 Å². The van der Waals surface area contributed by atoms with Gasteiger partial charge in [0.1, 0.15) is 5.54 Å². The molecule has 0 unspecified atom stereocenters. The van der Waals surface area contributed by atoms with E-state index in [2.05, 4.69) is 0 Å². The molecule has 0 aromatic heterocycles. The van der Waals surface area contributed by atoms with Gasteiger partial charge in [0.25, 0.3) is 0 Å². The highest BCUT2D eigenvalue weighted by molar-refractivity contribution is 5.75. The van der Waals surface area contributed by atoms with Crippen molar-refractivity contribution in [2.24, 2.45) is 0 Å². The molecule has 1 fully saturated rings. The minimum atomic E-state index is -4.43. The van der Waals surface area contributed by atoms with Crippen molar-refractivity contribution in [1.29, 1.82) is 0 Å². The van der Waals surface area contributed by atoms with E-state index in [4.69, 9.17) is 0 Å². The number of rotatable bonds is 1. The highest BCUT2D eigenvalue weighted by Crippen LogP contribution is 2.29. The molecule has 0 aromatic carbocycles. The maximum Gasteiger partial charge on any atom is 0.411 e. The van der Waals surface area contributed by atoms with Crippen molar-refractivity contribution in [3.05, 3.63) is 0 Å². The molecule has 0 aromatic rings. The van der Waals surface area contributed by atoms with Gasteiger partial charge in [0.05, 0.1) is 0 Å². The van der Waals surface area contributed by atoms with E-state index in [1.54, 1.807) is 0 Å². The van der Waals surface area contributed by atoms with Crippen LogP contribution < -0.4 is 5.32 Å². The lowest BCUT2D eigenvalue weighted by molar-refractivity contribution is -0.182. The Morgan fingerprint density at radius 1 is 1.20 bits per heavy atom. The number of nitrogens with one attached hydrogen (secondary N) is 1. The molecule has 3 nitrogen and oxygen atoms in total. The molecule has 15 heavy (non-hydrogen) atoms. The van der Waals surface area contributed by atoms with Crippen LogP contribution in [0.4, 0.5) is 18.0 Å². The predicted molar refractivity (Wildman–Crippen MR) is 49.5 cm³/mol. The number of hydrogen-bond donors (Lipinski definition) is 1.